The van der Waals surface area contributed by atoms with Gasteiger partial charge in [-0.15, -0.1) is 0 Å². The molecule has 2 aliphatic rings. The normalized spacial score (nSPS) is 18.7. The van der Waals surface area contributed by atoms with E-state index in [0.717, 1.165) is 71.5 Å². The summed E-state index contributed by atoms with van der Waals surface area (Å²) in [4.78, 5) is 25.8. The molecule has 0 bridgehead atoms. The third-order valence-corrected chi connectivity index (χ3v) is 14.1. The van der Waals surface area contributed by atoms with Gasteiger partial charge >= 0.3 is 11.9 Å². The average molecular weight is 1040 g/mol. The van der Waals surface area contributed by atoms with E-state index in [1.165, 1.54) is 0 Å². The number of likely N-dealkylation sites (N-methyl/N-ethyl adjacent to an activating group) is 2. The van der Waals surface area contributed by atoms with Crippen molar-refractivity contribution in [2.24, 2.45) is 0 Å². The summed E-state index contributed by atoms with van der Waals surface area (Å²) in [5.41, 5.74) is 6.49. The molecule has 0 N–H and O–H groups in total. The topological polar surface area (TPSA) is 145 Å². The van der Waals surface area contributed by atoms with Crippen molar-refractivity contribution in [1.82, 2.24) is 0 Å². The van der Waals surface area contributed by atoms with Crippen LogP contribution in [0.25, 0.3) is 0 Å². The van der Waals surface area contributed by atoms with Crippen LogP contribution >= 0.6 is 0 Å². The highest BCUT2D eigenvalue weighted by Crippen LogP contribution is 2.52. The number of carbonyl (C=O) groups is 2. The maximum Gasteiger partial charge on any atom is 0.331 e. The Bertz CT molecular complexity index is 2340. The summed E-state index contributed by atoms with van der Waals surface area (Å²) in [7, 11) is 20.7. The summed E-state index contributed by atoms with van der Waals surface area (Å²) in [6, 6.07) is 15.9. The quantitative estimate of drug-likeness (QED) is 0.0433. The van der Waals surface area contributed by atoms with E-state index in [1.807, 2.05) is 48.5 Å². The van der Waals surface area contributed by atoms with Gasteiger partial charge in [0.2, 0.25) is 11.5 Å². The lowest BCUT2D eigenvalue weighted by Gasteiger charge is -2.46. The zero-order valence-electron chi connectivity index (χ0n) is 43.8. The van der Waals surface area contributed by atoms with Crippen molar-refractivity contribution in [2.45, 2.75) is 50.6 Å². The molecule has 0 saturated heterocycles. The Labute approximate surface area is 437 Å². The number of nitrogens with zero attached hydrogens (tertiary/aromatic N) is 2. The Morgan fingerprint density at radius 2 is 0.819 bits per heavy atom. The van der Waals surface area contributed by atoms with Crippen LogP contribution in [-0.4, -0.2) is 145 Å². The van der Waals surface area contributed by atoms with Crippen molar-refractivity contribution in [3.8, 4) is 57.5 Å². The molecule has 0 fully saturated rings. The number of hydrogen-bond acceptors (Lipinski definition) is 14. The summed E-state index contributed by atoms with van der Waals surface area (Å²) in [6.07, 6.45) is 6.29. The van der Waals surface area contributed by atoms with E-state index in [4.69, 9.17) is 56.8 Å². The van der Waals surface area contributed by atoms with Crippen LogP contribution in [0.1, 0.15) is 58.3 Å². The Hall–Kier alpha value is -5.94. The molecule has 16 nitrogen and oxygen atoms in total. The van der Waals surface area contributed by atoms with Gasteiger partial charge in [-0.25, -0.2) is 9.59 Å². The van der Waals surface area contributed by atoms with Crippen molar-refractivity contribution in [3.05, 3.63) is 94.1 Å². The SMILES string of the molecule is COc1ccc(C[C@@H]2c3c(cc(OC)c(OC)c3OC)CC[N@+]2(C)CCCOC(=O)/C=C/C(=O)OCCC[N@+]2(C)CCc3cc(OC)c(OC)c(OC)c3[C@H]2Cc2ccc(OC)c(OC)c2)cc1OC.[Cl-].[Cl-]. The summed E-state index contributed by atoms with van der Waals surface area (Å²) in [5.74, 6) is 4.95. The fourth-order valence-electron chi connectivity index (χ4n) is 10.4. The second-order valence-corrected chi connectivity index (χ2v) is 18.0. The lowest BCUT2D eigenvalue weighted by Crippen LogP contribution is -3.00. The largest absolute Gasteiger partial charge is 1.00 e. The van der Waals surface area contributed by atoms with E-state index in [2.05, 4.69) is 14.1 Å². The van der Waals surface area contributed by atoms with Crippen LogP contribution < -0.4 is 72.2 Å². The smallest absolute Gasteiger partial charge is 0.331 e. The zero-order valence-corrected chi connectivity index (χ0v) is 45.3. The van der Waals surface area contributed by atoms with Crippen LogP contribution in [0.5, 0.6) is 57.5 Å². The monoisotopic (exact) mass is 1040 g/mol. The highest BCUT2D eigenvalue weighted by molar-refractivity contribution is 5.91. The number of quaternary nitrogens is 2. The third kappa shape index (κ3) is 12.8. The third-order valence-electron chi connectivity index (χ3n) is 14.1. The van der Waals surface area contributed by atoms with E-state index in [0.29, 0.717) is 105 Å². The van der Waals surface area contributed by atoms with Gasteiger partial charge in [0.05, 0.1) is 136 Å². The first-order chi connectivity index (χ1) is 33.8. The minimum atomic E-state index is -0.618. The van der Waals surface area contributed by atoms with Gasteiger partial charge in [0.15, 0.2) is 46.0 Å². The Kier molecular flexibility index (Phi) is 21.7. The number of hydrogen-bond donors (Lipinski definition) is 0. The van der Waals surface area contributed by atoms with E-state index in [1.54, 1.807) is 71.1 Å². The molecular formula is C54H72Cl2N2O14. The number of rotatable bonds is 24. The first kappa shape index (κ1) is 58.6. The second-order valence-electron chi connectivity index (χ2n) is 18.0. The number of ether oxygens (including phenoxy) is 12. The average Bonchev–Trinajstić information content (AvgIpc) is 3.38. The minimum Gasteiger partial charge on any atom is -1.00 e. The van der Waals surface area contributed by atoms with Crippen LogP contribution in [0.2, 0.25) is 0 Å². The van der Waals surface area contributed by atoms with Crippen molar-refractivity contribution in [2.75, 3.05) is 125 Å². The summed E-state index contributed by atoms with van der Waals surface area (Å²) < 4.78 is 70.1. The van der Waals surface area contributed by atoms with Gasteiger partial charge in [-0.2, -0.15) is 0 Å². The van der Waals surface area contributed by atoms with Gasteiger partial charge < -0.3 is 90.6 Å². The Morgan fingerprint density at radius 3 is 1.14 bits per heavy atom. The molecule has 0 amide bonds. The van der Waals surface area contributed by atoms with E-state index in [9.17, 15) is 9.59 Å². The first-order valence-corrected chi connectivity index (χ1v) is 23.5. The van der Waals surface area contributed by atoms with Gasteiger partial charge in [0.25, 0.3) is 0 Å². The number of esters is 2. The second kappa shape index (κ2) is 26.7. The van der Waals surface area contributed by atoms with Crippen LogP contribution in [0.4, 0.5) is 0 Å². The summed E-state index contributed by atoms with van der Waals surface area (Å²) in [5, 5.41) is 0. The molecular weight excluding hydrogens is 971 g/mol. The number of benzene rings is 4. The van der Waals surface area contributed by atoms with Crippen LogP contribution in [0.15, 0.2) is 60.7 Å². The molecule has 72 heavy (non-hydrogen) atoms. The van der Waals surface area contributed by atoms with Crippen molar-refractivity contribution in [3.63, 3.8) is 0 Å². The number of fused-ring (bicyclic) bond motifs is 2. The van der Waals surface area contributed by atoms with Gasteiger partial charge in [-0.3, -0.25) is 0 Å². The highest BCUT2D eigenvalue weighted by Gasteiger charge is 2.44. The molecule has 396 valence electrons. The zero-order chi connectivity index (χ0) is 50.6. The lowest BCUT2D eigenvalue weighted by molar-refractivity contribution is -0.941. The predicted octanol–water partition coefficient (Wildman–Crippen LogP) is 1.48. The number of carbonyl (C=O) groups excluding carboxylic acids is 2. The molecule has 2 aliphatic heterocycles. The highest BCUT2D eigenvalue weighted by atomic mass is 35.5. The van der Waals surface area contributed by atoms with E-state index < -0.39 is 11.9 Å². The molecule has 0 saturated carbocycles. The van der Waals surface area contributed by atoms with Crippen LogP contribution in [-0.2, 0) is 44.7 Å². The number of methoxy groups -OCH3 is 10. The van der Waals surface area contributed by atoms with E-state index >= 15 is 0 Å². The molecule has 0 spiro atoms. The fraction of sp³-hybridized carbons (Fsp3) is 0.481. The van der Waals surface area contributed by atoms with Gasteiger partial charge in [-0.1, -0.05) is 12.1 Å². The van der Waals surface area contributed by atoms with Crippen molar-refractivity contribution < 1.29 is 100 Å². The molecule has 0 aromatic heterocycles. The van der Waals surface area contributed by atoms with Crippen LogP contribution in [0, 0.1) is 0 Å². The Morgan fingerprint density at radius 1 is 0.472 bits per heavy atom. The molecule has 2 heterocycles. The maximum atomic E-state index is 12.9. The molecule has 0 aliphatic carbocycles. The van der Waals surface area contributed by atoms with Gasteiger partial charge in [0, 0.05) is 50.7 Å². The molecule has 0 radical (unpaired) electrons. The first-order valence-electron chi connectivity index (χ1n) is 23.5. The van der Waals surface area contributed by atoms with Crippen LogP contribution in [0.3, 0.4) is 0 Å². The molecule has 18 heteroatoms. The van der Waals surface area contributed by atoms with Gasteiger partial charge in [0.1, 0.15) is 12.1 Å². The Balaban J connectivity index is 0.00000562. The minimum absolute atomic E-state index is 0. The fourth-order valence-corrected chi connectivity index (χ4v) is 10.4. The number of halogens is 2. The molecule has 0 unspecified atom stereocenters. The van der Waals surface area contributed by atoms with E-state index in [-0.39, 0.29) is 50.1 Å². The molecule has 6 rings (SSSR count). The summed E-state index contributed by atoms with van der Waals surface area (Å²) in [6.45, 7) is 3.37. The van der Waals surface area contributed by atoms with Crippen molar-refractivity contribution >= 4 is 11.9 Å². The van der Waals surface area contributed by atoms with Gasteiger partial charge in [-0.05, 0) is 58.7 Å². The van der Waals surface area contributed by atoms with Crippen molar-refractivity contribution in [1.29, 1.82) is 0 Å². The predicted molar refractivity (Wildman–Crippen MR) is 264 cm³/mol. The summed E-state index contributed by atoms with van der Waals surface area (Å²) >= 11 is 0. The molecule has 4 aromatic carbocycles. The lowest BCUT2D eigenvalue weighted by atomic mass is 9.85. The maximum absolute atomic E-state index is 12.9. The standard InChI is InChI=1S/C54H72N2O14.2ClH/c1-55(25-21-37-33-45(63-7)51(65-9)53(67-11)49(37)39(55)29-35-15-17-41(59-3)43(31-35)61-5)23-13-27-69-47(57)19-20-48(58)70-28-14-24-56(2)26-22-38-34-46(64-8)52(66-10)54(68-12)50(38)40(56)30-36-16-18-42(60-4)44(32-36)62-6;;/h15-20,31-34,39-40H,13-14,21-30H2,1-12H3;2*1H/q+2;;/p-2/b20-19+;;/t39-,40-,55-,56+;;/m1../s1. The molecule has 4 aromatic rings. The molecule has 4 atom stereocenters.